The summed E-state index contributed by atoms with van der Waals surface area (Å²) < 4.78 is 0. The summed E-state index contributed by atoms with van der Waals surface area (Å²) in [5.41, 5.74) is 2.88. The van der Waals surface area contributed by atoms with Gasteiger partial charge in [0, 0.05) is 6.04 Å². The van der Waals surface area contributed by atoms with Crippen LogP contribution >= 0.6 is 12.4 Å². The molecule has 1 aliphatic heterocycles. The van der Waals surface area contributed by atoms with Gasteiger partial charge in [0.1, 0.15) is 0 Å². The highest BCUT2D eigenvalue weighted by atomic mass is 35.5. The van der Waals surface area contributed by atoms with Gasteiger partial charge in [-0.1, -0.05) is 24.3 Å². The van der Waals surface area contributed by atoms with Crippen LogP contribution in [0, 0.1) is 6.92 Å². The van der Waals surface area contributed by atoms with Crippen molar-refractivity contribution >= 4 is 12.4 Å². The molecule has 0 amide bonds. The van der Waals surface area contributed by atoms with Crippen molar-refractivity contribution in [2.75, 3.05) is 6.54 Å². The molecule has 1 aromatic carbocycles. The van der Waals surface area contributed by atoms with Crippen LogP contribution in [0.3, 0.4) is 0 Å². The first-order valence-electron chi connectivity index (χ1n) is 4.17. The van der Waals surface area contributed by atoms with Gasteiger partial charge in [-0.25, -0.2) is 0 Å². The maximum absolute atomic E-state index is 3.40. The average molecular weight is 184 g/mol. The third kappa shape index (κ3) is 1.62. The maximum atomic E-state index is 3.40. The smallest absolute Gasteiger partial charge is 0.0334 e. The summed E-state index contributed by atoms with van der Waals surface area (Å²) in [6.07, 6.45) is 1.30. The Morgan fingerprint density at radius 1 is 1.33 bits per heavy atom. The van der Waals surface area contributed by atoms with Crippen molar-refractivity contribution in [3.05, 3.63) is 35.4 Å². The minimum Gasteiger partial charge on any atom is -0.310 e. The Balaban J connectivity index is 0.000000720. The monoisotopic (exact) mass is 183 g/mol. The normalized spacial score (nSPS) is 20.9. The van der Waals surface area contributed by atoms with E-state index in [1.165, 1.54) is 24.1 Å². The molecule has 1 nitrogen and oxygen atoms in total. The van der Waals surface area contributed by atoms with Gasteiger partial charge < -0.3 is 5.32 Å². The predicted molar refractivity (Wildman–Crippen MR) is 53.8 cm³/mol. The van der Waals surface area contributed by atoms with Crippen molar-refractivity contribution in [2.45, 2.75) is 19.4 Å². The Kier molecular flexibility index (Phi) is 3.12. The molecule has 1 aliphatic rings. The molecule has 0 unspecified atom stereocenters. The number of benzene rings is 1. The highest BCUT2D eigenvalue weighted by Crippen LogP contribution is 2.24. The molecule has 1 saturated heterocycles. The van der Waals surface area contributed by atoms with Crippen LogP contribution in [-0.4, -0.2) is 6.54 Å². The molecule has 0 radical (unpaired) electrons. The summed E-state index contributed by atoms with van der Waals surface area (Å²) in [7, 11) is 0. The zero-order valence-corrected chi connectivity index (χ0v) is 8.03. The van der Waals surface area contributed by atoms with Crippen molar-refractivity contribution in [3.8, 4) is 0 Å². The number of halogens is 1. The van der Waals surface area contributed by atoms with Crippen LogP contribution in [0.5, 0.6) is 0 Å². The van der Waals surface area contributed by atoms with Crippen molar-refractivity contribution in [1.29, 1.82) is 0 Å². The van der Waals surface area contributed by atoms with Crippen LogP contribution < -0.4 is 5.32 Å². The van der Waals surface area contributed by atoms with E-state index in [0.717, 1.165) is 0 Å². The van der Waals surface area contributed by atoms with E-state index in [4.69, 9.17) is 0 Å². The van der Waals surface area contributed by atoms with E-state index >= 15 is 0 Å². The van der Waals surface area contributed by atoms with Gasteiger partial charge in [0.05, 0.1) is 0 Å². The summed E-state index contributed by atoms with van der Waals surface area (Å²) in [6.45, 7) is 3.36. The number of aryl methyl sites for hydroxylation is 1. The van der Waals surface area contributed by atoms with Gasteiger partial charge in [0.25, 0.3) is 0 Å². The maximum Gasteiger partial charge on any atom is 0.0334 e. The Morgan fingerprint density at radius 2 is 2.00 bits per heavy atom. The predicted octanol–water partition coefficient (Wildman–Crippen LogP) is 2.45. The molecular formula is C10H14ClN. The summed E-state index contributed by atoms with van der Waals surface area (Å²) >= 11 is 0. The van der Waals surface area contributed by atoms with E-state index in [1.807, 2.05) is 0 Å². The zero-order valence-electron chi connectivity index (χ0n) is 7.21. The first-order valence-corrected chi connectivity index (χ1v) is 4.17. The van der Waals surface area contributed by atoms with Crippen LogP contribution in [0.15, 0.2) is 24.3 Å². The molecule has 2 rings (SSSR count). The first-order chi connectivity index (χ1) is 5.38. The highest BCUT2D eigenvalue weighted by Gasteiger charge is 2.18. The molecular weight excluding hydrogens is 170 g/mol. The molecule has 0 saturated carbocycles. The fraction of sp³-hybridized carbons (Fsp3) is 0.400. The van der Waals surface area contributed by atoms with Crippen LogP contribution in [0.1, 0.15) is 23.6 Å². The number of nitrogens with one attached hydrogen (secondary N) is 1. The van der Waals surface area contributed by atoms with Crippen molar-refractivity contribution in [1.82, 2.24) is 5.32 Å². The van der Waals surface area contributed by atoms with E-state index in [9.17, 15) is 0 Å². The van der Waals surface area contributed by atoms with Gasteiger partial charge in [0.15, 0.2) is 0 Å². The lowest BCUT2D eigenvalue weighted by molar-refractivity contribution is 0.382. The minimum absolute atomic E-state index is 0. The Hall–Kier alpha value is -0.530. The molecule has 0 bridgehead atoms. The molecule has 66 valence electrons. The van der Waals surface area contributed by atoms with Gasteiger partial charge in [0.2, 0.25) is 0 Å². The van der Waals surface area contributed by atoms with E-state index in [0.29, 0.717) is 6.04 Å². The Labute approximate surface area is 79.6 Å². The van der Waals surface area contributed by atoms with Gasteiger partial charge >= 0.3 is 0 Å². The second kappa shape index (κ2) is 3.92. The Bertz CT molecular complexity index is 256. The van der Waals surface area contributed by atoms with E-state index in [1.54, 1.807) is 0 Å². The van der Waals surface area contributed by atoms with Crippen LogP contribution in [-0.2, 0) is 0 Å². The second-order valence-corrected chi connectivity index (χ2v) is 3.15. The standard InChI is InChI=1S/C10H13N.ClH/c1-8-4-2-3-5-9(8)10-6-7-11-10;/h2-5,10-11H,6-7H2,1H3;1H/t10-;/m1./s1. The largest absolute Gasteiger partial charge is 0.310 e. The molecule has 1 fully saturated rings. The lowest BCUT2D eigenvalue weighted by Gasteiger charge is -2.29. The van der Waals surface area contributed by atoms with E-state index in [-0.39, 0.29) is 12.4 Å². The van der Waals surface area contributed by atoms with Crippen molar-refractivity contribution in [2.24, 2.45) is 0 Å². The van der Waals surface area contributed by atoms with Gasteiger partial charge in [-0.15, -0.1) is 12.4 Å². The third-order valence-electron chi connectivity index (χ3n) is 2.39. The molecule has 0 aromatic heterocycles. The molecule has 1 N–H and O–H groups in total. The van der Waals surface area contributed by atoms with Gasteiger partial charge in [-0.3, -0.25) is 0 Å². The lowest BCUT2D eigenvalue weighted by atomic mass is 9.94. The fourth-order valence-electron chi connectivity index (χ4n) is 1.53. The quantitative estimate of drug-likeness (QED) is 0.706. The van der Waals surface area contributed by atoms with Crippen LogP contribution in [0.2, 0.25) is 0 Å². The summed E-state index contributed by atoms with van der Waals surface area (Å²) in [4.78, 5) is 0. The summed E-state index contributed by atoms with van der Waals surface area (Å²) in [6, 6.07) is 9.23. The summed E-state index contributed by atoms with van der Waals surface area (Å²) in [5.74, 6) is 0. The van der Waals surface area contributed by atoms with E-state index in [2.05, 4.69) is 36.5 Å². The van der Waals surface area contributed by atoms with Crippen LogP contribution in [0.4, 0.5) is 0 Å². The van der Waals surface area contributed by atoms with E-state index < -0.39 is 0 Å². The third-order valence-corrected chi connectivity index (χ3v) is 2.39. The fourth-order valence-corrected chi connectivity index (χ4v) is 1.53. The average Bonchev–Trinajstić information content (AvgIpc) is 1.90. The molecule has 0 aliphatic carbocycles. The molecule has 0 spiro atoms. The number of hydrogen-bond acceptors (Lipinski definition) is 1. The molecule has 1 heterocycles. The van der Waals surface area contributed by atoms with Crippen molar-refractivity contribution in [3.63, 3.8) is 0 Å². The molecule has 1 atom stereocenters. The topological polar surface area (TPSA) is 12.0 Å². The lowest BCUT2D eigenvalue weighted by Crippen LogP contribution is -2.35. The molecule has 12 heavy (non-hydrogen) atoms. The number of rotatable bonds is 1. The van der Waals surface area contributed by atoms with Gasteiger partial charge in [-0.2, -0.15) is 0 Å². The molecule has 1 aromatic rings. The first kappa shape index (κ1) is 9.56. The minimum atomic E-state index is 0. The van der Waals surface area contributed by atoms with Crippen molar-refractivity contribution < 1.29 is 0 Å². The highest BCUT2D eigenvalue weighted by molar-refractivity contribution is 5.85. The number of hydrogen-bond donors (Lipinski definition) is 1. The second-order valence-electron chi connectivity index (χ2n) is 3.15. The van der Waals surface area contributed by atoms with Crippen LogP contribution in [0.25, 0.3) is 0 Å². The Morgan fingerprint density at radius 3 is 2.50 bits per heavy atom. The zero-order chi connectivity index (χ0) is 7.68. The summed E-state index contributed by atoms with van der Waals surface area (Å²) in [5, 5.41) is 3.40. The van der Waals surface area contributed by atoms with Gasteiger partial charge in [-0.05, 0) is 31.0 Å². The molecule has 2 heteroatoms. The SMILES string of the molecule is Cc1ccccc1[C@H]1CCN1.Cl.